The quantitative estimate of drug-likeness (QED) is 0.821. The first-order valence-electron chi connectivity index (χ1n) is 6.31. The summed E-state index contributed by atoms with van der Waals surface area (Å²) in [5.74, 6) is -0.619. The van der Waals surface area contributed by atoms with Crippen LogP contribution in [0.4, 0.5) is 11.4 Å². The molecule has 2 amide bonds. The highest BCUT2D eigenvalue weighted by Gasteiger charge is 2.31. The van der Waals surface area contributed by atoms with Crippen LogP contribution in [-0.2, 0) is 4.79 Å². The summed E-state index contributed by atoms with van der Waals surface area (Å²) in [4.78, 5) is 38.4. The lowest BCUT2D eigenvalue weighted by Gasteiger charge is -2.33. The van der Waals surface area contributed by atoms with Crippen molar-refractivity contribution in [2.45, 2.75) is 0 Å². The molecule has 2 aromatic rings. The number of amides is 2. The van der Waals surface area contributed by atoms with Crippen LogP contribution >= 0.6 is 0 Å². The van der Waals surface area contributed by atoms with Crippen molar-refractivity contribution in [3.8, 4) is 0 Å². The van der Waals surface area contributed by atoms with Crippen LogP contribution in [0.2, 0.25) is 0 Å². The Hall–Kier alpha value is -2.96. The number of carbonyl (C=O) groups excluding carboxylic acids is 2. The zero-order valence-corrected chi connectivity index (χ0v) is 11.2. The van der Waals surface area contributed by atoms with E-state index in [9.17, 15) is 14.4 Å². The Kier molecular flexibility index (Phi) is 3.02. The van der Waals surface area contributed by atoms with Gasteiger partial charge >= 0.3 is 0 Å². The molecule has 21 heavy (non-hydrogen) atoms. The summed E-state index contributed by atoms with van der Waals surface area (Å²) >= 11 is 0. The number of rotatable bonds is 1. The van der Waals surface area contributed by atoms with Gasteiger partial charge in [-0.1, -0.05) is 12.1 Å². The van der Waals surface area contributed by atoms with Gasteiger partial charge in [-0.15, -0.1) is 0 Å². The van der Waals surface area contributed by atoms with Gasteiger partial charge in [0.1, 0.15) is 12.2 Å². The highest BCUT2D eigenvalue weighted by Crippen LogP contribution is 2.32. The van der Waals surface area contributed by atoms with Crippen LogP contribution in [-0.4, -0.2) is 35.6 Å². The van der Waals surface area contributed by atoms with E-state index in [-0.39, 0.29) is 23.7 Å². The van der Waals surface area contributed by atoms with Crippen LogP contribution in [0, 0.1) is 0 Å². The largest absolute Gasteiger partial charge is 0.312 e. The summed E-state index contributed by atoms with van der Waals surface area (Å²) < 4.78 is 0. The fourth-order valence-corrected chi connectivity index (χ4v) is 2.22. The second kappa shape index (κ2) is 4.86. The van der Waals surface area contributed by atoms with Gasteiger partial charge < -0.3 is 4.90 Å². The molecule has 0 unspecified atom stereocenters. The Morgan fingerprint density at radius 3 is 2.52 bits per heavy atom. The van der Waals surface area contributed by atoms with E-state index in [1.807, 2.05) is 0 Å². The smallest absolute Gasteiger partial charge is 0.279 e. The van der Waals surface area contributed by atoms with Gasteiger partial charge in [0.2, 0.25) is 5.91 Å². The van der Waals surface area contributed by atoms with E-state index in [1.54, 1.807) is 31.3 Å². The first kappa shape index (κ1) is 13.0. The summed E-state index contributed by atoms with van der Waals surface area (Å²) in [5.41, 5.74) is 0.993. The van der Waals surface area contributed by atoms with Gasteiger partial charge in [-0.25, -0.2) is 5.10 Å². The molecule has 7 heteroatoms. The molecule has 0 saturated carbocycles. The molecule has 106 valence electrons. The van der Waals surface area contributed by atoms with E-state index < -0.39 is 5.91 Å². The van der Waals surface area contributed by atoms with Crippen molar-refractivity contribution in [1.29, 1.82) is 0 Å². The molecule has 1 aliphatic heterocycles. The molecule has 0 saturated heterocycles. The molecule has 3 rings (SSSR count). The normalized spacial score (nSPS) is 14.0. The second-order valence-corrected chi connectivity index (χ2v) is 4.64. The first-order valence-corrected chi connectivity index (χ1v) is 6.31. The number of H-pyrrole nitrogens is 1. The topological polar surface area (TPSA) is 86.4 Å². The Bertz CT molecular complexity index is 763. The fourth-order valence-electron chi connectivity index (χ4n) is 2.22. The van der Waals surface area contributed by atoms with Gasteiger partial charge in [0.15, 0.2) is 0 Å². The van der Waals surface area contributed by atoms with Crippen molar-refractivity contribution in [3.63, 3.8) is 0 Å². The van der Waals surface area contributed by atoms with Crippen LogP contribution in [0.25, 0.3) is 0 Å². The average molecular weight is 284 g/mol. The zero-order chi connectivity index (χ0) is 15.0. The van der Waals surface area contributed by atoms with Crippen molar-refractivity contribution >= 4 is 23.2 Å². The Balaban J connectivity index is 2.04. The minimum atomic E-state index is -0.430. The van der Waals surface area contributed by atoms with Gasteiger partial charge in [-0.05, 0) is 18.2 Å². The number of hydrogen-bond donors (Lipinski definition) is 1. The number of benzene rings is 1. The predicted molar refractivity (Wildman–Crippen MR) is 76.4 cm³/mol. The van der Waals surface area contributed by atoms with Crippen LogP contribution in [0.3, 0.4) is 0 Å². The van der Waals surface area contributed by atoms with E-state index in [0.717, 1.165) is 0 Å². The van der Waals surface area contributed by atoms with Gasteiger partial charge in [0, 0.05) is 13.1 Å². The molecule has 2 heterocycles. The molecule has 0 radical (unpaired) electrons. The van der Waals surface area contributed by atoms with Crippen molar-refractivity contribution in [1.82, 2.24) is 10.2 Å². The third-order valence-electron chi connectivity index (χ3n) is 3.34. The van der Waals surface area contributed by atoms with E-state index in [2.05, 4.69) is 10.2 Å². The molecule has 1 aromatic carbocycles. The summed E-state index contributed by atoms with van der Waals surface area (Å²) in [5, 5.41) is 5.93. The molecule has 0 bridgehead atoms. The lowest BCUT2D eigenvalue weighted by Crippen LogP contribution is -2.46. The highest BCUT2D eigenvalue weighted by molar-refractivity contribution is 6.15. The SMILES string of the molecule is CN1C(=O)CN(C(=O)c2ccc(=O)[nH]n2)c2ccccc21. The standard InChI is InChI=1S/C14H12N4O3/c1-17-10-4-2-3-5-11(10)18(8-13(17)20)14(21)9-6-7-12(19)16-15-9/h2-7H,8H2,1H3,(H,16,19). The molecular formula is C14H12N4O3. The summed E-state index contributed by atoms with van der Waals surface area (Å²) in [6.45, 7) is -0.0623. The number of hydrogen-bond acceptors (Lipinski definition) is 4. The number of carbonyl (C=O) groups is 2. The van der Waals surface area contributed by atoms with Crippen molar-refractivity contribution in [2.24, 2.45) is 0 Å². The highest BCUT2D eigenvalue weighted by atomic mass is 16.2. The monoisotopic (exact) mass is 284 g/mol. The fraction of sp³-hybridized carbons (Fsp3) is 0.143. The maximum Gasteiger partial charge on any atom is 0.279 e. The summed E-state index contributed by atoms with van der Waals surface area (Å²) in [6, 6.07) is 9.70. The Labute approximate surface area is 119 Å². The lowest BCUT2D eigenvalue weighted by molar-refractivity contribution is -0.117. The second-order valence-electron chi connectivity index (χ2n) is 4.64. The number of anilines is 2. The van der Waals surface area contributed by atoms with Gasteiger partial charge in [0.25, 0.3) is 11.5 Å². The number of likely N-dealkylation sites (N-methyl/N-ethyl adjacent to an activating group) is 1. The molecule has 7 nitrogen and oxygen atoms in total. The maximum absolute atomic E-state index is 12.5. The summed E-state index contributed by atoms with van der Waals surface area (Å²) in [7, 11) is 1.67. The molecule has 0 fully saturated rings. The number of aromatic nitrogens is 2. The Morgan fingerprint density at radius 2 is 1.86 bits per heavy atom. The van der Waals surface area contributed by atoms with Gasteiger partial charge in [-0.2, -0.15) is 5.10 Å². The van der Waals surface area contributed by atoms with Crippen LogP contribution in [0.1, 0.15) is 10.5 Å². The number of nitrogens with zero attached hydrogens (tertiary/aromatic N) is 3. The zero-order valence-electron chi connectivity index (χ0n) is 11.2. The molecular weight excluding hydrogens is 272 g/mol. The molecule has 0 spiro atoms. The number of para-hydroxylation sites is 2. The number of fused-ring (bicyclic) bond motifs is 1. The van der Waals surface area contributed by atoms with Crippen molar-refractivity contribution in [2.75, 3.05) is 23.4 Å². The van der Waals surface area contributed by atoms with Crippen LogP contribution in [0.5, 0.6) is 0 Å². The lowest BCUT2D eigenvalue weighted by atomic mass is 10.1. The van der Waals surface area contributed by atoms with Crippen molar-refractivity contribution in [3.05, 3.63) is 52.4 Å². The number of nitrogens with one attached hydrogen (secondary N) is 1. The molecule has 0 atom stereocenters. The van der Waals surface area contributed by atoms with E-state index >= 15 is 0 Å². The van der Waals surface area contributed by atoms with E-state index in [4.69, 9.17) is 0 Å². The minimum absolute atomic E-state index is 0.0623. The van der Waals surface area contributed by atoms with Crippen LogP contribution in [0.15, 0.2) is 41.2 Å². The predicted octanol–water partition coefficient (Wildman–Crippen LogP) is 0.393. The third kappa shape index (κ3) is 2.18. The summed E-state index contributed by atoms with van der Waals surface area (Å²) in [6.07, 6.45) is 0. The molecule has 0 aliphatic carbocycles. The van der Waals surface area contributed by atoms with E-state index in [1.165, 1.54) is 21.9 Å². The van der Waals surface area contributed by atoms with Crippen molar-refractivity contribution < 1.29 is 9.59 Å². The van der Waals surface area contributed by atoms with E-state index in [0.29, 0.717) is 11.4 Å². The average Bonchev–Trinajstić information content (AvgIpc) is 2.51. The third-order valence-corrected chi connectivity index (χ3v) is 3.34. The Morgan fingerprint density at radius 1 is 1.14 bits per heavy atom. The number of aromatic amines is 1. The van der Waals surface area contributed by atoms with Crippen LogP contribution < -0.4 is 15.4 Å². The first-order chi connectivity index (χ1) is 10.1. The van der Waals surface area contributed by atoms with Gasteiger partial charge in [-0.3, -0.25) is 19.3 Å². The minimum Gasteiger partial charge on any atom is -0.312 e. The molecule has 1 aliphatic rings. The maximum atomic E-state index is 12.5. The molecule has 1 aromatic heterocycles. The molecule has 1 N–H and O–H groups in total. The van der Waals surface area contributed by atoms with Gasteiger partial charge in [0.05, 0.1) is 11.4 Å².